The van der Waals surface area contributed by atoms with Crippen molar-refractivity contribution in [1.82, 2.24) is 14.6 Å². The Bertz CT molecular complexity index is 912. The fraction of sp³-hybridized carbons (Fsp3) is 0.333. The first-order valence-electron chi connectivity index (χ1n) is 8.38. The summed E-state index contributed by atoms with van der Waals surface area (Å²) < 4.78 is 38.6. The maximum Gasteiger partial charge on any atom is 0.244 e. The Labute approximate surface area is 162 Å². The van der Waals surface area contributed by atoms with E-state index in [1.807, 2.05) is 0 Å². The van der Waals surface area contributed by atoms with Crippen LogP contribution in [0.2, 0.25) is 0 Å². The summed E-state index contributed by atoms with van der Waals surface area (Å²) in [5.41, 5.74) is 0.659. The number of hydrogen-bond acceptors (Lipinski definition) is 5. The number of sulfonamides is 1. The second-order valence-electron chi connectivity index (χ2n) is 6.45. The van der Waals surface area contributed by atoms with E-state index in [0.717, 1.165) is 17.1 Å². The number of nitrogens with zero attached hydrogens (tertiary/aromatic N) is 2. The second kappa shape index (κ2) is 7.95. The summed E-state index contributed by atoms with van der Waals surface area (Å²) in [6.45, 7) is 0. The van der Waals surface area contributed by atoms with Crippen molar-refractivity contribution in [3.63, 3.8) is 0 Å². The van der Waals surface area contributed by atoms with Gasteiger partial charge in [0.2, 0.25) is 15.9 Å². The Balaban J connectivity index is 1.83. The minimum absolute atomic E-state index is 0.0811. The highest BCUT2D eigenvalue weighted by Crippen LogP contribution is 2.36. The van der Waals surface area contributed by atoms with Gasteiger partial charge in [-0.25, -0.2) is 22.1 Å². The highest BCUT2D eigenvalue weighted by Gasteiger charge is 2.29. The van der Waals surface area contributed by atoms with Gasteiger partial charge in [0.05, 0.1) is 5.03 Å². The van der Waals surface area contributed by atoms with Crippen LogP contribution in [0.4, 0.5) is 4.39 Å². The van der Waals surface area contributed by atoms with Crippen LogP contribution >= 0.6 is 11.8 Å². The van der Waals surface area contributed by atoms with Gasteiger partial charge in [-0.15, -0.1) is 0 Å². The monoisotopic (exact) mass is 409 g/mol. The van der Waals surface area contributed by atoms with E-state index in [2.05, 4.69) is 10.3 Å². The minimum atomic E-state index is -3.56. The summed E-state index contributed by atoms with van der Waals surface area (Å²) in [7, 11) is -0.664. The van der Waals surface area contributed by atoms with Crippen LogP contribution in [0.3, 0.4) is 0 Å². The van der Waals surface area contributed by atoms with Gasteiger partial charge < -0.3 is 5.32 Å². The lowest BCUT2D eigenvalue weighted by Gasteiger charge is -2.17. The molecule has 0 spiro atoms. The van der Waals surface area contributed by atoms with Crippen LogP contribution in [-0.4, -0.2) is 43.8 Å². The second-order valence-corrected chi connectivity index (χ2v) is 9.73. The van der Waals surface area contributed by atoms with E-state index in [1.165, 1.54) is 50.3 Å². The Morgan fingerprint density at radius 3 is 2.41 bits per heavy atom. The maximum absolute atomic E-state index is 13.2. The molecule has 9 heteroatoms. The molecule has 0 bridgehead atoms. The molecule has 1 fully saturated rings. The molecule has 0 unspecified atom stereocenters. The largest absolute Gasteiger partial charge is 0.352 e. The molecule has 1 aliphatic carbocycles. The number of amides is 1. The van der Waals surface area contributed by atoms with Crippen molar-refractivity contribution in [3.05, 3.63) is 54.0 Å². The average molecular weight is 410 g/mol. The molecule has 1 amide bonds. The zero-order chi connectivity index (χ0) is 19.6. The topological polar surface area (TPSA) is 79.4 Å². The Morgan fingerprint density at radius 1 is 1.22 bits per heavy atom. The van der Waals surface area contributed by atoms with Gasteiger partial charge in [0.25, 0.3) is 0 Å². The standard InChI is InChI=1S/C18H20FN3O3S2/c1-22(2)27(24,25)15-9-10-16(20-11-15)26-17(18(23)21-14-7-8-14)12-3-5-13(19)6-4-12/h3-6,9-11,14,17H,7-8H2,1-2H3,(H,21,23)/t17-/m1/s1. The molecule has 1 aromatic carbocycles. The van der Waals surface area contributed by atoms with Gasteiger partial charge in [0, 0.05) is 26.3 Å². The number of carbonyl (C=O) groups excluding carboxylic acids is 1. The number of hydrogen-bond donors (Lipinski definition) is 1. The molecule has 1 heterocycles. The number of rotatable bonds is 7. The first kappa shape index (κ1) is 19.8. The third-order valence-electron chi connectivity index (χ3n) is 4.06. The lowest BCUT2D eigenvalue weighted by atomic mass is 10.1. The summed E-state index contributed by atoms with van der Waals surface area (Å²) >= 11 is 1.20. The van der Waals surface area contributed by atoms with Gasteiger partial charge in [0.15, 0.2) is 0 Å². The summed E-state index contributed by atoms with van der Waals surface area (Å²) in [5, 5.41) is 2.86. The number of halogens is 1. The van der Waals surface area contributed by atoms with Crippen molar-refractivity contribution < 1.29 is 17.6 Å². The van der Waals surface area contributed by atoms with Gasteiger partial charge in [-0.1, -0.05) is 23.9 Å². The normalized spacial score (nSPS) is 15.6. The van der Waals surface area contributed by atoms with E-state index in [4.69, 9.17) is 0 Å². The smallest absolute Gasteiger partial charge is 0.244 e. The average Bonchev–Trinajstić information content (AvgIpc) is 3.44. The predicted molar refractivity (Wildman–Crippen MR) is 101 cm³/mol. The molecular weight excluding hydrogens is 389 g/mol. The van der Waals surface area contributed by atoms with E-state index >= 15 is 0 Å². The highest BCUT2D eigenvalue weighted by molar-refractivity contribution is 8.00. The molecule has 0 radical (unpaired) electrons. The quantitative estimate of drug-likeness (QED) is 0.711. The van der Waals surface area contributed by atoms with Gasteiger partial charge in [-0.3, -0.25) is 4.79 Å². The van der Waals surface area contributed by atoms with Crippen LogP contribution in [0.5, 0.6) is 0 Å². The maximum atomic E-state index is 13.2. The molecule has 1 aromatic heterocycles. The van der Waals surface area contributed by atoms with Crippen LogP contribution in [-0.2, 0) is 14.8 Å². The molecule has 27 heavy (non-hydrogen) atoms. The molecule has 0 aliphatic heterocycles. The van der Waals surface area contributed by atoms with Gasteiger partial charge in [-0.2, -0.15) is 0 Å². The molecule has 0 saturated heterocycles. The van der Waals surface area contributed by atoms with Crippen LogP contribution in [0.25, 0.3) is 0 Å². The van der Waals surface area contributed by atoms with E-state index in [0.29, 0.717) is 10.6 Å². The SMILES string of the molecule is CN(C)S(=O)(=O)c1ccc(S[C@@H](C(=O)NC2CC2)c2ccc(F)cc2)nc1. The number of benzene rings is 1. The third kappa shape index (κ3) is 4.85. The summed E-state index contributed by atoms with van der Waals surface area (Å²) in [6, 6.07) is 9.00. The molecule has 1 atom stereocenters. The van der Waals surface area contributed by atoms with Crippen LogP contribution in [0, 0.1) is 5.82 Å². The number of thioether (sulfide) groups is 1. The van der Waals surface area contributed by atoms with Crippen molar-refractivity contribution in [1.29, 1.82) is 0 Å². The Morgan fingerprint density at radius 2 is 1.89 bits per heavy atom. The fourth-order valence-corrected chi connectivity index (χ4v) is 4.15. The Kier molecular flexibility index (Phi) is 5.83. The van der Waals surface area contributed by atoms with Crippen LogP contribution in [0.1, 0.15) is 23.7 Å². The molecule has 2 aromatic rings. The molecule has 144 valence electrons. The van der Waals surface area contributed by atoms with Gasteiger partial charge in [0.1, 0.15) is 16.0 Å². The Hall–Kier alpha value is -1.97. The van der Waals surface area contributed by atoms with Crippen molar-refractivity contribution in [2.45, 2.75) is 34.1 Å². The number of aromatic nitrogens is 1. The summed E-state index contributed by atoms with van der Waals surface area (Å²) in [5.74, 6) is -0.539. The van der Waals surface area contributed by atoms with E-state index in [1.54, 1.807) is 18.2 Å². The van der Waals surface area contributed by atoms with Crippen molar-refractivity contribution >= 4 is 27.7 Å². The van der Waals surface area contributed by atoms with Crippen molar-refractivity contribution in [3.8, 4) is 0 Å². The van der Waals surface area contributed by atoms with E-state index in [-0.39, 0.29) is 22.7 Å². The number of nitrogens with one attached hydrogen (secondary N) is 1. The number of carbonyl (C=O) groups is 1. The number of pyridine rings is 1. The summed E-state index contributed by atoms with van der Waals surface area (Å²) in [6.07, 6.45) is 3.20. The lowest BCUT2D eigenvalue weighted by molar-refractivity contribution is -0.120. The highest BCUT2D eigenvalue weighted by atomic mass is 32.2. The molecule has 1 saturated carbocycles. The fourth-order valence-electron chi connectivity index (χ4n) is 2.34. The van der Waals surface area contributed by atoms with Crippen molar-refractivity contribution in [2.24, 2.45) is 0 Å². The lowest BCUT2D eigenvalue weighted by Crippen LogP contribution is -2.29. The third-order valence-corrected chi connectivity index (χ3v) is 7.06. The van der Waals surface area contributed by atoms with E-state index in [9.17, 15) is 17.6 Å². The molecule has 3 rings (SSSR count). The van der Waals surface area contributed by atoms with E-state index < -0.39 is 15.3 Å². The van der Waals surface area contributed by atoms with Crippen LogP contribution < -0.4 is 5.32 Å². The first-order chi connectivity index (χ1) is 12.8. The van der Waals surface area contributed by atoms with Crippen LogP contribution in [0.15, 0.2) is 52.5 Å². The predicted octanol–water partition coefficient (Wildman–Crippen LogP) is 2.58. The summed E-state index contributed by atoms with van der Waals surface area (Å²) in [4.78, 5) is 16.9. The van der Waals surface area contributed by atoms with Gasteiger partial charge in [-0.05, 0) is 42.7 Å². The zero-order valence-corrected chi connectivity index (χ0v) is 16.6. The minimum Gasteiger partial charge on any atom is -0.352 e. The molecule has 1 aliphatic rings. The molecule has 6 nitrogen and oxygen atoms in total. The zero-order valence-electron chi connectivity index (χ0n) is 14.9. The first-order valence-corrected chi connectivity index (χ1v) is 10.7. The molecular formula is C18H20FN3O3S2. The van der Waals surface area contributed by atoms with Gasteiger partial charge >= 0.3 is 0 Å². The molecule has 1 N–H and O–H groups in total. The van der Waals surface area contributed by atoms with Crippen molar-refractivity contribution in [2.75, 3.05) is 14.1 Å².